The Morgan fingerprint density at radius 1 is 1.22 bits per heavy atom. The van der Waals surface area contributed by atoms with E-state index >= 15 is 0 Å². The van der Waals surface area contributed by atoms with Crippen LogP contribution in [0.1, 0.15) is 32.5 Å². The molecule has 1 aromatic carbocycles. The third-order valence-electron chi connectivity index (χ3n) is 4.96. The number of hydrogen-bond donors (Lipinski definition) is 0. The van der Waals surface area contributed by atoms with E-state index in [1.807, 2.05) is 13.1 Å². The van der Waals surface area contributed by atoms with Gasteiger partial charge in [-0.2, -0.15) is 0 Å². The summed E-state index contributed by atoms with van der Waals surface area (Å²) in [6, 6.07) is 9.36. The molecule has 2 bridgehead atoms. The van der Waals surface area contributed by atoms with E-state index in [1.165, 1.54) is 7.11 Å². The van der Waals surface area contributed by atoms with Crippen molar-refractivity contribution in [2.24, 2.45) is 5.92 Å². The molecule has 122 valence electrons. The number of esters is 2. The van der Waals surface area contributed by atoms with Crippen molar-refractivity contribution >= 4 is 49.7 Å². The fraction of sp³-hybridized carbons (Fsp3) is 0.529. The summed E-state index contributed by atoms with van der Waals surface area (Å²) in [4.78, 5) is 26.7. The van der Waals surface area contributed by atoms with E-state index in [4.69, 9.17) is 9.47 Å². The van der Waals surface area contributed by atoms with Gasteiger partial charge in [-0.15, -0.1) is 0 Å². The number of nitrogens with zero attached hydrogens (tertiary/aromatic N) is 1. The number of fused-ring (bicyclic) bond motifs is 2. The number of methoxy groups -OCH3 is 1. The molecule has 0 aliphatic carbocycles. The first-order chi connectivity index (χ1) is 10.6. The summed E-state index contributed by atoms with van der Waals surface area (Å²) in [6.45, 7) is 0. The van der Waals surface area contributed by atoms with Crippen molar-refractivity contribution < 1.29 is 21.9 Å². The van der Waals surface area contributed by atoms with Crippen LogP contribution in [0.25, 0.3) is 0 Å². The molecule has 2 aliphatic heterocycles. The zero-order valence-corrected chi connectivity index (χ0v) is 15.8. The molecule has 23 heavy (non-hydrogen) atoms. The molecule has 2 aliphatic rings. The molecular formula is C17H23CaNO4. The Labute approximate surface area is 169 Å². The van der Waals surface area contributed by atoms with Gasteiger partial charge >= 0.3 is 49.7 Å². The molecule has 2 fully saturated rings. The molecule has 1 aromatic rings. The van der Waals surface area contributed by atoms with Gasteiger partial charge in [-0.05, 0) is 32.0 Å². The Morgan fingerprint density at radius 2 is 1.91 bits per heavy atom. The predicted octanol–water partition coefficient (Wildman–Crippen LogP) is 1.71. The molecule has 0 aromatic heterocycles. The van der Waals surface area contributed by atoms with Gasteiger partial charge in [0, 0.05) is 18.5 Å². The van der Waals surface area contributed by atoms with Crippen LogP contribution in [0.3, 0.4) is 0 Å². The van der Waals surface area contributed by atoms with Gasteiger partial charge in [0.05, 0.1) is 12.7 Å². The maximum Gasteiger partial charge on any atom is 2.00 e. The second-order valence-corrected chi connectivity index (χ2v) is 6.06. The average molecular weight is 345 g/mol. The second-order valence-electron chi connectivity index (χ2n) is 6.06. The van der Waals surface area contributed by atoms with Crippen LogP contribution in [-0.2, 0) is 14.3 Å². The number of piperidine rings is 1. The minimum absolute atomic E-state index is 0. The standard InChI is InChI=1S/C17H21NO4.Ca.2H/c1-18-12-8-9-13(18)15(17(20)21-2)14(10-12)22-16(19)11-6-4-3-5-7-11;;;/h3-7,12-15H,8-10H2,1-2H3;;;/q;+2;2*-1/t12?,13?,14-,15+;;;/m0.../s1. The Hall–Kier alpha value is -0.620. The van der Waals surface area contributed by atoms with Gasteiger partial charge in [0.2, 0.25) is 0 Å². The van der Waals surface area contributed by atoms with Crippen LogP contribution in [-0.4, -0.2) is 86.9 Å². The van der Waals surface area contributed by atoms with Crippen molar-refractivity contribution in [1.82, 2.24) is 4.90 Å². The maximum atomic E-state index is 12.3. The van der Waals surface area contributed by atoms with E-state index < -0.39 is 12.0 Å². The fourth-order valence-corrected chi connectivity index (χ4v) is 3.77. The van der Waals surface area contributed by atoms with E-state index in [0.29, 0.717) is 18.0 Å². The van der Waals surface area contributed by atoms with Gasteiger partial charge < -0.3 is 12.3 Å². The SMILES string of the molecule is COC(=O)[C@@H]1C2CCC(C[C@@H]1OC(=O)c1ccccc1)N2C.[Ca+2].[H-].[H-]. The second kappa shape index (κ2) is 7.97. The monoisotopic (exact) mass is 345 g/mol. The average Bonchev–Trinajstić information content (AvgIpc) is 2.78. The van der Waals surface area contributed by atoms with E-state index in [9.17, 15) is 9.59 Å². The summed E-state index contributed by atoms with van der Waals surface area (Å²) >= 11 is 0. The van der Waals surface area contributed by atoms with Crippen LogP contribution in [0, 0.1) is 5.92 Å². The third-order valence-corrected chi connectivity index (χ3v) is 4.96. The zero-order valence-electron chi connectivity index (χ0n) is 15.6. The minimum atomic E-state index is -0.408. The van der Waals surface area contributed by atoms with Gasteiger partial charge in [-0.1, -0.05) is 18.2 Å². The number of carbonyl (C=O) groups is 2. The van der Waals surface area contributed by atoms with Crippen LogP contribution in [0.4, 0.5) is 0 Å². The first kappa shape index (κ1) is 18.7. The van der Waals surface area contributed by atoms with Crippen molar-refractivity contribution in [2.75, 3.05) is 14.2 Å². The number of ether oxygens (including phenoxy) is 2. The van der Waals surface area contributed by atoms with E-state index in [0.717, 1.165) is 12.8 Å². The molecular weight excluding hydrogens is 322 g/mol. The van der Waals surface area contributed by atoms with Gasteiger partial charge in [0.15, 0.2) is 0 Å². The summed E-state index contributed by atoms with van der Waals surface area (Å²) in [6.07, 6.45) is 2.26. The van der Waals surface area contributed by atoms with E-state index in [2.05, 4.69) is 4.90 Å². The first-order valence-corrected chi connectivity index (χ1v) is 7.67. The molecule has 6 heteroatoms. The van der Waals surface area contributed by atoms with Crippen LogP contribution in [0.15, 0.2) is 30.3 Å². The Morgan fingerprint density at radius 3 is 2.57 bits per heavy atom. The molecule has 2 saturated heterocycles. The molecule has 3 rings (SSSR count). The van der Waals surface area contributed by atoms with Crippen LogP contribution < -0.4 is 0 Å². The van der Waals surface area contributed by atoms with Gasteiger partial charge in [0.25, 0.3) is 0 Å². The van der Waals surface area contributed by atoms with Crippen LogP contribution in [0.5, 0.6) is 0 Å². The van der Waals surface area contributed by atoms with Gasteiger partial charge in [0.1, 0.15) is 12.0 Å². The Bertz CT molecular complexity index is 575. The van der Waals surface area contributed by atoms with E-state index in [1.54, 1.807) is 24.3 Å². The topological polar surface area (TPSA) is 55.8 Å². The molecule has 0 spiro atoms. The van der Waals surface area contributed by atoms with E-state index in [-0.39, 0.29) is 58.6 Å². The number of carbonyl (C=O) groups excluding carboxylic acids is 2. The van der Waals surface area contributed by atoms with Crippen molar-refractivity contribution in [3.63, 3.8) is 0 Å². The Balaban J connectivity index is 0.00000192. The normalized spacial score (nSPS) is 29.5. The van der Waals surface area contributed by atoms with Crippen molar-refractivity contribution in [2.45, 2.75) is 37.5 Å². The molecule has 4 atom stereocenters. The molecule has 5 nitrogen and oxygen atoms in total. The van der Waals surface area contributed by atoms with Crippen molar-refractivity contribution in [1.29, 1.82) is 0 Å². The zero-order chi connectivity index (χ0) is 15.7. The molecule has 0 radical (unpaired) electrons. The smallest absolute Gasteiger partial charge is 1.00 e. The molecule has 0 saturated carbocycles. The quantitative estimate of drug-likeness (QED) is 0.617. The first-order valence-electron chi connectivity index (χ1n) is 7.67. The summed E-state index contributed by atoms with van der Waals surface area (Å²) in [5.41, 5.74) is 0.511. The number of hydrogen-bond acceptors (Lipinski definition) is 5. The summed E-state index contributed by atoms with van der Waals surface area (Å²) < 4.78 is 10.6. The van der Waals surface area contributed by atoms with Crippen molar-refractivity contribution in [3.8, 4) is 0 Å². The Kier molecular flexibility index (Phi) is 6.48. The van der Waals surface area contributed by atoms with Gasteiger partial charge in [-0.25, -0.2) is 4.79 Å². The number of benzene rings is 1. The van der Waals surface area contributed by atoms with Crippen LogP contribution >= 0.6 is 0 Å². The summed E-state index contributed by atoms with van der Waals surface area (Å²) in [7, 11) is 3.42. The van der Waals surface area contributed by atoms with Crippen LogP contribution in [0.2, 0.25) is 0 Å². The molecule has 2 heterocycles. The largest absolute Gasteiger partial charge is 2.00 e. The predicted molar refractivity (Wildman–Crippen MR) is 88.3 cm³/mol. The van der Waals surface area contributed by atoms with Crippen molar-refractivity contribution in [3.05, 3.63) is 35.9 Å². The molecule has 0 N–H and O–H groups in total. The van der Waals surface area contributed by atoms with Gasteiger partial charge in [-0.3, -0.25) is 9.69 Å². The summed E-state index contributed by atoms with van der Waals surface area (Å²) in [5.74, 6) is -1.06. The molecule has 0 amide bonds. The minimum Gasteiger partial charge on any atom is -1.00 e. The number of rotatable bonds is 3. The maximum absolute atomic E-state index is 12.3. The molecule has 2 unspecified atom stereocenters. The fourth-order valence-electron chi connectivity index (χ4n) is 3.77. The summed E-state index contributed by atoms with van der Waals surface area (Å²) in [5, 5.41) is 0. The third kappa shape index (κ3) is 3.73.